The van der Waals surface area contributed by atoms with Gasteiger partial charge in [-0.1, -0.05) is 0 Å². The van der Waals surface area contributed by atoms with Crippen LogP contribution in [0.15, 0.2) is 12.1 Å². The number of carbonyl (C=O) groups is 1. The maximum Gasteiger partial charge on any atom is 0.176 e. The van der Waals surface area contributed by atoms with E-state index in [4.69, 9.17) is 0 Å². The summed E-state index contributed by atoms with van der Waals surface area (Å²) >= 11 is 0. The topological polar surface area (TPSA) is 29.1 Å². The van der Waals surface area contributed by atoms with Crippen molar-refractivity contribution < 1.29 is 9.18 Å². The third-order valence-electron chi connectivity index (χ3n) is 2.14. The Morgan fingerprint density at radius 1 is 1.36 bits per heavy atom. The summed E-state index contributed by atoms with van der Waals surface area (Å²) in [5.74, 6) is -0.267. The van der Waals surface area contributed by atoms with E-state index in [1.165, 1.54) is 6.07 Å². The number of hydrogen-bond donors (Lipinski definition) is 1. The molecule has 0 bridgehead atoms. The zero-order valence-electron chi connectivity index (χ0n) is 8.65. The van der Waals surface area contributed by atoms with Crippen molar-refractivity contribution in [3.63, 3.8) is 0 Å². The van der Waals surface area contributed by atoms with Gasteiger partial charge in [0.05, 0.1) is 6.54 Å². The van der Waals surface area contributed by atoms with Gasteiger partial charge in [-0.05, 0) is 44.2 Å². The van der Waals surface area contributed by atoms with Crippen molar-refractivity contribution in [1.82, 2.24) is 5.32 Å². The van der Waals surface area contributed by atoms with E-state index < -0.39 is 0 Å². The van der Waals surface area contributed by atoms with Crippen LogP contribution >= 0.6 is 0 Å². The smallest absolute Gasteiger partial charge is 0.176 e. The Kier molecular flexibility index (Phi) is 3.36. The Morgan fingerprint density at radius 3 is 2.57 bits per heavy atom. The second kappa shape index (κ2) is 4.33. The number of benzene rings is 1. The van der Waals surface area contributed by atoms with E-state index in [-0.39, 0.29) is 18.1 Å². The molecular weight excluding hydrogens is 181 g/mol. The standard InChI is InChI=1S/C11H14FNO/c1-7-5-10(12)8(2)4-9(7)11(14)6-13-3/h4-5,13H,6H2,1-3H3. The molecule has 2 nitrogen and oxygen atoms in total. The van der Waals surface area contributed by atoms with Crippen molar-refractivity contribution in [1.29, 1.82) is 0 Å². The first-order valence-electron chi connectivity index (χ1n) is 4.50. The maximum absolute atomic E-state index is 13.1. The lowest BCUT2D eigenvalue weighted by atomic mass is 10.0. The Bertz CT molecular complexity index is 361. The fourth-order valence-corrected chi connectivity index (χ4v) is 1.34. The maximum atomic E-state index is 13.1. The third kappa shape index (κ3) is 2.17. The summed E-state index contributed by atoms with van der Waals surface area (Å²) in [5.41, 5.74) is 1.79. The molecule has 3 heteroatoms. The van der Waals surface area contributed by atoms with Crippen LogP contribution < -0.4 is 5.32 Å². The molecule has 76 valence electrons. The SMILES string of the molecule is CNCC(=O)c1cc(C)c(F)cc1C. The van der Waals surface area contributed by atoms with Gasteiger partial charge >= 0.3 is 0 Å². The normalized spacial score (nSPS) is 10.3. The zero-order valence-corrected chi connectivity index (χ0v) is 8.65. The van der Waals surface area contributed by atoms with Crippen LogP contribution in [0, 0.1) is 19.7 Å². The molecule has 0 spiro atoms. The van der Waals surface area contributed by atoms with Gasteiger partial charge in [0.2, 0.25) is 0 Å². The summed E-state index contributed by atoms with van der Waals surface area (Å²) in [5, 5.41) is 2.78. The third-order valence-corrected chi connectivity index (χ3v) is 2.14. The summed E-state index contributed by atoms with van der Waals surface area (Å²) < 4.78 is 13.1. The fraction of sp³-hybridized carbons (Fsp3) is 0.364. The van der Waals surface area contributed by atoms with Gasteiger partial charge in [-0.3, -0.25) is 4.79 Å². The van der Waals surface area contributed by atoms with Crippen molar-refractivity contribution >= 4 is 5.78 Å². The zero-order chi connectivity index (χ0) is 10.7. The van der Waals surface area contributed by atoms with Crippen LogP contribution in [0.3, 0.4) is 0 Å². The van der Waals surface area contributed by atoms with E-state index in [2.05, 4.69) is 5.32 Å². The predicted molar refractivity (Wildman–Crippen MR) is 54.1 cm³/mol. The lowest BCUT2D eigenvalue weighted by molar-refractivity contribution is 0.0993. The van der Waals surface area contributed by atoms with Crippen molar-refractivity contribution in [2.45, 2.75) is 13.8 Å². The summed E-state index contributed by atoms with van der Waals surface area (Å²) in [6.07, 6.45) is 0. The van der Waals surface area contributed by atoms with E-state index in [1.54, 1.807) is 27.0 Å². The highest BCUT2D eigenvalue weighted by Gasteiger charge is 2.10. The first kappa shape index (κ1) is 10.9. The van der Waals surface area contributed by atoms with Crippen LogP contribution in [0.25, 0.3) is 0 Å². The van der Waals surface area contributed by atoms with E-state index in [9.17, 15) is 9.18 Å². The van der Waals surface area contributed by atoms with Crippen molar-refractivity contribution in [2.24, 2.45) is 0 Å². The van der Waals surface area contributed by atoms with Crippen LogP contribution in [0.2, 0.25) is 0 Å². The van der Waals surface area contributed by atoms with Gasteiger partial charge in [0.1, 0.15) is 5.82 Å². The molecule has 0 aliphatic heterocycles. The molecule has 0 saturated carbocycles. The van der Waals surface area contributed by atoms with Crippen LogP contribution in [-0.2, 0) is 0 Å². The molecule has 0 radical (unpaired) electrons. The van der Waals surface area contributed by atoms with Crippen molar-refractivity contribution in [3.8, 4) is 0 Å². The number of likely N-dealkylation sites (N-methyl/N-ethyl adjacent to an activating group) is 1. The number of rotatable bonds is 3. The molecule has 14 heavy (non-hydrogen) atoms. The molecule has 1 aromatic carbocycles. The molecule has 1 N–H and O–H groups in total. The molecule has 0 atom stereocenters. The van der Waals surface area contributed by atoms with E-state index in [0.29, 0.717) is 16.7 Å². The molecule has 0 aliphatic rings. The molecular formula is C11H14FNO. The number of halogens is 1. The van der Waals surface area contributed by atoms with E-state index in [1.807, 2.05) is 0 Å². The quantitative estimate of drug-likeness (QED) is 0.746. The molecule has 0 fully saturated rings. The van der Waals surface area contributed by atoms with Crippen LogP contribution in [0.4, 0.5) is 4.39 Å². The number of ketones is 1. The molecule has 1 aromatic rings. The number of nitrogens with one attached hydrogen (secondary N) is 1. The van der Waals surface area contributed by atoms with E-state index >= 15 is 0 Å². The number of aryl methyl sites for hydroxylation is 2. The second-order valence-corrected chi connectivity index (χ2v) is 3.37. The minimum Gasteiger partial charge on any atom is -0.313 e. The van der Waals surface area contributed by atoms with Crippen LogP contribution in [0.5, 0.6) is 0 Å². The van der Waals surface area contributed by atoms with Crippen molar-refractivity contribution in [2.75, 3.05) is 13.6 Å². The summed E-state index contributed by atoms with van der Waals surface area (Å²) in [4.78, 5) is 11.5. The Morgan fingerprint density at radius 2 is 2.00 bits per heavy atom. The predicted octanol–water partition coefficient (Wildman–Crippen LogP) is 1.84. The average Bonchev–Trinajstić information content (AvgIpc) is 2.11. The number of Topliss-reactive ketones (excluding diaryl/α,β-unsaturated/α-hetero) is 1. The van der Waals surface area contributed by atoms with Gasteiger partial charge in [0.15, 0.2) is 5.78 Å². The number of hydrogen-bond acceptors (Lipinski definition) is 2. The van der Waals surface area contributed by atoms with Crippen LogP contribution in [0.1, 0.15) is 21.5 Å². The van der Waals surface area contributed by atoms with E-state index in [0.717, 1.165) is 0 Å². The summed E-state index contributed by atoms with van der Waals surface area (Å²) in [7, 11) is 1.71. The molecule has 0 amide bonds. The minimum absolute atomic E-state index is 0.00639. The van der Waals surface area contributed by atoms with Gasteiger partial charge in [0, 0.05) is 5.56 Å². The Hall–Kier alpha value is -1.22. The molecule has 0 heterocycles. The Balaban J connectivity index is 3.09. The monoisotopic (exact) mass is 195 g/mol. The average molecular weight is 195 g/mol. The second-order valence-electron chi connectivity index (χ2n) is 3.37. The fourth-order valence-electron chi connectivity index (χ4n) is 1.34. The largest absolute Gasteiger partial charge is 0.313 e. The van der Waals surface area contributed by atoms with Gasteiger partial charge < -0.3 is 5.32 Å². The highest BCUT2D eigenvalue weighted by molar-refractivity contribution is 5.99. The van der Waals surface area contributed by atoms with Gasteiger partial charge in [-0.25, -0.2) is 4.39 Å². The van der Waals surface area contributed by atoms with Gasteiger partial charge in [0.25, 0.3) is 0 Å². The first-order valence-corrected chi connectivity index (χ1v) is 4.50. The first-order chi connectivity index (χ1) is 6.56. The molecule has 0 aliphatic carbocycles. The molecule has 0 unspecified atom stereocenters. The lowest BCUT2D eigenvalue weighted by Gasteiger charge is -2.06. The highest BCUT2D eigenvalue weighted by atomic mass is 19.1. The summed E-state index contributed by atoms with van der Waals surface area (Å²) in [6.45, 7) is 3.68. The Labute approximate surface area is 83.1 Å². The molecule has 0 aromatic heterocycles. The molecule has 0 saturated heterocycles. The lowest BCUT2D eigenvalue weighted by Crippen LogP contribution is -2.19. The van der Waals surface area contributed by atoms with Gasteiger partial charge in [-0.15, -0.1) is 0 Å². The summed E-state index contributed by atoms with van der Waals surface area (Å²) in [6, 6.07) is 3.00. The van der Waals surface area contributed by atoms with Gasteiger partial charge in [-0.2, -0.15) is 0 Å². The minimum atomic E-state index is -0.261. The highest BCUT2D eigenvalue weighted by Crippen LogP contribution is 2.14. The number of carbonyl (C=O) groups excluding carboxylic acids is 1. The van der Waals surface area contributed by atoms with Crippen LogP contribution in [-0.4, -0.2) is 19.4 Å². The molecule has 1 rings (SSSR count). The van der Waals surface area contributed by atoms with Crippen molar-refractivity contribution in [3.05, 3.63) is 34.6 Å².